The zero-order valence-electron chi connectivity index (χ0n) is 11.5. The average molecular weight is 290 g/mol. The minimum Gasteiger partial charge on any atom is -0.390 e. The fraction of sp³-hybridized carbons (Fsp3) is 0.467. The molecule has 5 heteroatoms. The van der Waals surface area contributed by atoms with Crippen LogP contribution in [0.5, 0.6) is 0 Å². The Morgan fingerprint density at radius 3 is 3.10 bits per heavy atom. The number of hydrogen-bond donors (Lipinski definition) is 1. The van der Waals surface area contributed by atoms with E-state index in [1.165, 1.54) is 0 Å². The van der Waals surface area contributed by atoms with E-state index in [9.17, 15) is 9.90 Å². The van der Waals surface area contributed by atoms with E-state index in [4.69, 9.17) is 0 Å². The van der Waals surface area contributed by atoms with Crippen LogP contribution in [-0.4, -0.2) is 39.6 Å². The lowest BCUT2D eigenvalue weighted by atomic mass is 9.98. The van der Waals surface area contributed by atoms with Gasteiger partial charge >= 0.3 is 0 Å². The van der Waals surface area contributed by atoms with Crippen LogP contribution in [0, 0.1) is 0 Å². The third-order valence-electron chi connectivity index (χ3n) is 3.93. The van der Waals surface area contributed by atoms with Gasteiger partial charge in [0.2, 0.25) is 0 Å². The second-order valence-corrected chi connectivity index (χ2v) is 6.56. The number of amides is 1. The van der Waals surface area contributed by atoms with Crippen molar-refractivity contribution in [3.63, 3.8) is 0 Å². The molecule has 4 nitrogen and oxygen atoms in total. The number of thiazole rings is 1. The molecule has 1 aliphatic heterocycles. The monoisotopic (exact) mass is 290 g/mol. The van der Waals surface area contributed by atoms with Gasteiger partial charge in [-0.05, 0) is 44.4 Å². The highest BCUT2D eigenvalue weighted by Gasteiger charge is 2.27. The maximum absolute atomic E-state index is 12.6. The molecule has 2 aromatic rings. The van der Waals surface area contributed by atoms with Gasteiger partial charge in [0.05, 0.1) is 21.3 Å². The molecule has 0 spiro atoms. The molecular weight excluding hydrogens is 272 g/mol. The van der Waals surface area contributed by atoms with Crippen LogP contribution >= 0.6 is 11.3 Å². The van der Waals surface area contributed by atoms with E-state index in [-0.39, 0.29) is 5.91 Å². The Hall–Kier alpha value is -1.46. The molecule has 2 heterocycles. The quantitative estimate of drug-likeness (QED) is 0.878. The molecule has 1 atom stereocenters. The Morgan fingerprint density at radius 1 is 1.40 bits per heavy atom. The van der Waals surface area contributed by atoms with Crippen LogP contribution in [0.4, 0.5) is 0 Å². The molecule has 0 bridgehead atoms. The number of fused-ring (bicyclic) bond motifs is 1. The minimum absolute atomic E-state index is 0.0537. The summed E-state index contributed by atoms with van der Waals surface area (Å²) in [6.07, 6.45) is 2.24. The van der Waals surface area contributed by atoms with E-state index in [0.29, 0.717) is 18.5 Å². The van der Waals surface area contributed by atoms with Gasteiger partial charge in [0, 0.05) is 18.7 Å². The number of aromatic nitrogens is 1. The molecule has 1 N–H and O–H groups in total. The van der Waals surface area contributed by atoms with Gasteiger partial charge in [-0.3, -0.25) is 4.79 Å². The van der Waals surface area contributed by atoms with Crippen LogP contribution in [0.1, 0.15) is 36.5 Å². The Balaban J connectivity index is 1.80. The maximum atomic E-state index is 12.6. The molecule has 1 amide bonds. The van der Waals surface area contributed by atoms with Gasteiger partial charge in [-0.2, -0.15) is 0 Å². The zero-order chi connectivity index (χ0) is 14.2. The van der Waals surface area contributed by atoms with Gasteiger partial charge < -0.3 is 10.0 Å². The van der Waals surface area contributed by atoms with Crippen LogP contribution in [0.3, 0.4) is 0 Å². The molecule has 1 unspecified atom stereocenters. The summed E-state index contributed by atoms with van der Waals surface area (Å²) >= 11 is 1.55. The van der Waals surface area contributed by atoms with Gasteiger partial charge in [-0.15, -0.1) is 11.3 Å². The normalized spacial score (nSPS) is 23.8. The fourth-order valence-corrected chi connectivity index (χ4v) is 3.35. The number of hydrogen-bond acceptors (Lipinski definition) is 4. The third kappa shape index (κ3) is 2.69. The van der Waals surface area contributed by atoms with Crippen molar-refractivity contribution in [2.75, 3.05) is 13.1 Å². The van der Waals surface area contributed by atoms with E-state index in [2.05, 4.69) is 4.98 Å². The summed E-state index contributed by atoms with van der Waals surface area (Å²) in [5, 5.41) is 10.1. The fourth-order valence-electron chi connectivity index (χ4n) is 2.64. The summed E-state index contributed by atoms with van der Waals surface area (Å²) in [7, 11) is 0. The summed E-state index contributed by atoms with van der Waals surface area (Å²) in [5.74, 6) is 0.0537. The van der Waals surface area contributed by atoms with Crippen LogP contribution in [-0.2, 0) is 0 Å². The van der Waals surface area contributed by atoms with Gasteiger partial charge in [0.25, 0.3) is 5.91 Å². The maximum Gasteiger partial charge on any atom is 0.253 e. The minimum atomic E-state index is -0.642. The highest BCUT2D eigenvalue weighted by molar-refractivity contribution is 7.16. The van der Waals surface area contributed by atoms with Crippen molar-refractivity contribution in [3.8, 4) is 0 Å². The second-order valence-electron chi connectivity index (χ2n) is 5.68. The molecule has 0 radical (unpaired) electrons. The average Bonchev–Trinajstić information content (AvgIpc) is 2.81. The number of nitrogens with zero attached hydrogens (tertiary/aromatic N) is 2. The highest BCUT2D eigenvalue weighted by atomic mass is 32.1. The SMILES string of the molecule is CC1(O)CCCN(C(=O)c2ccc3ncsc3c2)CC1. The Morgan fingerprint density at radius 2 is 2.25 bits per heavy atom. The smallest absolute Gasteiger partial charge is 0.253 e. The summed E-state index contributed by atoms with van der Waals surface area (Å²) in [6.45, 7) is 3.19. The summed E-state index contributed by atoms with van der Waals surface area (Å²) in [4.78, 5) is 18.6. The first kappa shape index (κ1) is 13.5. The first-order chi connectivity index (χ1) is 9.55. The Bertz CT molecular complexity index is 636. The molecule has 1 aromatic heterocycles. The Kier molecular flexibility index (Phi) is 3.48. The topological polar surface area (TPSA) is 53.4 Å². The molecule has 1 saturated heterocycles. The summed E-state index contributed by atoms with van der Waals surface area (Å²) in [6, 6.07) is 5.65. The lowest BCUT2D eigenvalue weighted by Crippen LogP contribution is -2.33. The van der Waals surface area contributed by atoms with E-state index in [0.717, 1.165) is 29.6 Å². The van der Waals surface area contributed by atoms with Crippen molar-refractivity contribution < 1.29 is 9.90 Å². The standard InChI is InChI=1S/C15H18N2O2S/c1-15(19)5-2-7-17(8-6-15)14(18)11-3-4-12-13(9-11)20-10-16-12/h3-4,9-10,19H,2,5-8H2,1H3. The van der Waals surface area contributed by atoms with Crippen molar-refractivity contribution in [3.05, 3.63) is 29.3 Å². The van der Waals surface area contributed by atoms with E-state index in [1.54, 1.807) is 16.8 Å². The van der Waals surface area contributed by atoms with Gasteiger partial charge in [-0.25, -0.2) is 4.98 Å². The summed E-state index contributed by atoms with van der Waals surface area (Å²) < 4.78 is 1.04. The van der Waals surface area contributed by atoms with E-state index < -0.39 is 5.60 Å². The molecule has 20 heavy (non-hydrogen) atoms. The lowest BCUT2D eigenvalue weighted by Gasteiger charge is -2.22. The van der Waals surface area contributed by atoms with Gasteiger partial charge in [0.15, 0.2) is 0 Å². The molecular formula is C15H18N2O2S. The molecule has 3 rings (SSSR count). The number of likely N-dealkylation sites (tertiary alicyclic amines) is 1. The molecule has 0 aliphatic carbocycles. The second kappa shape index (κ2) is 5.14. The third-order valence-corrected chi connectivity index (χ3v) is 4.72. The highest BCUT2D eigenvalue weighted by Crippen LogP contribution is 2.24. The lowest BCUT2D eigenvalue weighted by molar-refractivity contribution is 0.0438. The summed E-state index contributed by atoms with van der Waals surface area (Å²) in [5.41, 5.74) is 2.80. The predicted octanol–water partition coefficient (Wildman–Crippen LogP) is 2.67. The number of carbonyl (C=O) groups is 1. The first-order valence-corrected chi connectivity index (χ1v) is 7.78. The number of aliphatic hydroxyl groups is 1. The van der Waals surface area contributed by atoms with Crippen LogP contribution in [0.2, 0.25) is 0 Å². The number of rotatable bonds is 1. The van der Waals surface area contributed by atoms with Crippen LogP contribution in [0.15, 0.2) is 23.7 Å². The van der Waals surface area contributed by atoms with Crippen molar-refractivity contribution in [2.45, 2.75) is 31.8 Å². The molecule has 1 aromatic carbocycles. The van der Waals surface area contributed by atoms with E-state index >= 15 is 0 Å². The Labute approximate surface area is 122 Å². The van der Waals surface area contributed by atoms with Crippen molar-refractivity contribution >= 4 is 27.5 Å². The van der Waals surface area contributed by atoms with Crippen molar-refractivity contribution in [1.29, 1.82) is 0 Å². The molecule has 0 saturated carbocycles. The molecule has 1 fully saturated rings. The van der Waals surface area contributed by atoms with Crippen molar-refractivity contribution in [2.24, 2.45) is 0 Å². The van der Waals surface area contributed by atoms with E-state index in [1.807, 2.05) is 30.0 Å². The van der Waals surface area contributed by atoms with Gasteiger partial charge in [-0.1, -0.05) is 0 Å². The predicted molar refractivity (Wildman–Crippen MR) is 80.0 cm³/mol. The van der Waals surface area contributed by atoms with Gasteiger partial charge in [0.1, 0.15) is 0 Å². The van der Waals surface area contributed by atoms with Crippen LogP contribution in [0.25, 0.3) is 10.2 Å². The largest absolute Gasteiger partial charge is 0.390 e. The van der Waals surface area contributed by atoms with Crippen LogP contribution < -0.4 is 0 Å². The molecule has 106 valence electrons. The number of carbonyl (C=O) groups excluding carboxylic acids is 1. The first-order valence-electron chi connectivity index (χ1n) is 6.90. The molecule has 1 aliphatic rings. The number of benzene rings is 1. The van der Waals surface area contributed by atoms with Crippen molar-refractivity contribution in [1.82, 2.24) is 9.88 Å². The zero-order valence-corrected chi connectivity index (χ0v) is 12.3.